The van der Waals surface area contributed by atoms with Gasteiger partial charge in [0.05, 0.1) is 22.7 Å². The van der Waals surface area contributed by atoms with E-state index in [0.29, 0.717) is 0 Å². The lowest BCUT2D eigenvalue weighted by Gasteiger charge is -2.38. The number of hydrogen-bond acceptors (Lipinski definition) is 4. The van der Waals surface area contributed by atoms with Crippen molar-refractivity contribution in [3.8, 4) is 0 Å². The second-order valence-electron chi connectivity index (χ2n) is 6.25. The van der Waals surface area contributed by atoms with E-state index >= 15 is 0 Å². The number of para-hydroxylation sites is 4. The Morgan fingerprint density at radius 1 is 0.357 bits per heavy atom. The van der Waals surface area contributed by atoms with Gasteiger partial charge in [0.1, 0.15) is 0 Å². The first-order valence-corrected chi connectivity index (χ1v) is 9.24. The fourth-order valence-electron chi connectivity index (χ4n) is 2.87. The third kappa shape index (κ3) is 4.24. The molecule has 0 spiro atoms. The Morgan fingerprint density at radius 2 is 0.643 bits per heavy atom. The van der Waals surface area contributed by atoms with Crippen LogP contribution in [-0.4, -0.2) is 0 Å². The number of hydrogen-bond donors (Lipinski definition) is 2. The zero-order valence-corrected chi connectivity index (χ0v) is 15.4. The number of nitrogens with one attached hydrogen (secondary N) is 2. The smallest absolute Gasteiger partial charge is 0.0833 e. The highest BCUT2D eigenvalue weighted by Crippen LogP contribution is 2.24. The van der Waals surface area contributed by atoms with E-state index in [-0.39, 0.29) is 0 Å². The van der Waals surface area contributed by atoms with Crippen LogP contribution in [0, 0.1) is 0 Å². The lowest BCUT2D eigenvalue weighted by molar-refractivity contribution is 0.863. The molecule has 4 heteroatoms. The number of benzene rings is 4. The molecule has 0 saturated carbocycles. The van der Waals surface area contributed by atoms with E-state index in [2.05, 4.69) is 35.1 Å². The molecule has 0 atom stereocenters. The molecule has 138 valence electrons. The van der Waals surface area contributed by atoms with E-state index in [1.807, 2.05) is 107 Å². The average Bonchev–Trinajstić information content (AvgIpc) is 2.79. The Labute approximate surface area is 165 Å². The molecule has 0 aliphatic rings. The van der Waals surface area contributed by atoms with E-state index in [1.54, 1.807) is 0 Å². The monoisotopic (exact) mass is 366 g/mol. The van der Waals surface area contributed by atoms with Crippen LogP contribution in [0.3, 0.4) is 0 Å². The van der Waals surface area contributed by atoms with Crippen molar-refractivity contribution in [1.82, 2.24) is 0 Å². The molecule has 0 saturated heterocycles. The molecule has 0 bridgehead atoms. The van der Waals surface area contributed by atoms with Crippen LogP contribution in [0.1, 0.15) is 0 Å². The van der Waals surface area contributed by atoms with Gasteiger partial charge in [-0.3, -0.25) is 10.9 Å². The molecule has 4 aromatic rings. The molecular weight excluding hydrogens is 344 g/mol. The summed E-state index contributed by atoms with van der Waals surface area (Å²) in [5, 5.41) is 4.00. The Balaban J connectivity index is 1.76. The van der Waals surface area contributed by atoms with Gasteiger partial charge in [-0.1, -0.05) is 72.8 Å². The lowest BCUT2D eigenvalue weighted by Crippen LogP contribution is -2.50. The number of anilines is 4. The van der Waals surface area contributed by atoms with Gasteiger partial charge in [-0.2, -0.15) is 10.2 Å². The van der Waals surface area contributed by atoms with Crippen LogP contribution in [0.25, 0.3) is 0 Å². The summed E-state index contributed by atoms with van der Waals surface area (Å²) in [7, 11) is 0. The summed E-state index contributed by atoms with van der Waals surface area (Å²) in [6.07, 6.45) is 0. The number of hydrazine groups is 3. The van der Waals surface area contributed by atoms with E-state index in [1.165, 1.54) is 0 Å². The highest BCUT2D eigenvalue weighted by atomic mass is 15.9. The predicted octanol–water partition coefficient (Wildman–Crippen LogP) is 5.97. The highest BCUT2D eigenvalue weighted by Gasteiger charge is 2.18. The van der Waals surface area contributed by atoms with Crippen LogP contribution >= 0.6 is 0 Å². The molecule has 0 aliphatic heterocycles. The van der Waals surface area contributed by atoms with Crippen LogP contribution < -0.4 is 21.1 Å². The predicted molar refractivity (Wildman–Crippen MR) is 118 cm³/mol. The first kappa shape index (κ1) is 17.5. The molecule has 0 heterocycles. The molecule has 2 N–H and O–H groups in total. The maximum absolute atomic E-state index is 3.51. The second-order valence-corrected chi connectivity index (χ2v) is 6.25. The SMILES string of the molecule is c1ccc(NN(c2ccccc2)N(Nc2ccccc2)c2ccccc2)cc1. The lowest BCUT2D eigenvalue weighted by atomic mass is 10.3. The summed E-state index contributed by atoms with van der Waals surface area (Å²) in [6.45, 7) is 0. The van der Waals surface area contributed by atoms with Crippen molar-refractivity contribution >= 4 is 22.7 Å². The summed E-state index contributed by atoms with van der Waals surface area (Å²) in [4.78, 5) is 0. The molecule has 4 rings (SSSR count). The van der Waals surface area contributed by atoms with Crippen LogP contribution in [0.2, 0.25) is 0 Å². The van der Waals surface area contributed by atoms with E-state index in [0.717, 1.165) is 22.7 Å². The zero-order chi connectivity index (χ0) is 19.0. The van der Waals surface area contributed by atoms with Gasteiger partial charge < -0.3 is 0 Å². The van der Waals surface area contributed by atoms with E-state index < -0.39 is 0 Å². The van der Waals surface area contributed by atoms with Gasteiger partial charge in [-0.05, 0) is 48.5 Å². The first-order chi connectivity index (χ1) is 13.9. The minimum Gasteiger partial charge on any atom is -0.278 e. The highest BCUT2D eigenvalue weighted by molar-refractivity contribution is 5.65. The molecule has 4 aromatic carbocycles. The molecule has 0 unspecified atom stereocenters. The average molecular weight is 366 g/mol. The molecule has 28 heavy (non-hydrogen) atoms. The molecule has 0 fully saturated rings. The van der Waals surface area contributed by atoms with Gasteiger partial charge in [-0.15, -0.1) is 0 Å². The van der Waals surface area contributed by atoms with Crippen LogP contribution in [0.4, 0.5) is 22.7 Å². The van der Waals surface area contributed by atoms with Crippen molar-refractivity contribution in [1.29, 1.82) is 0 Å². The normalized spacial score (nSPS) is 10.1. The maximum Gasteiger partial charge on any atom is 0.0833 e. The van der Waals surface area contributed by atoms with Crippen molar-refractivity contribution in [2.24, 2.45) is 0 Å². The Bertz CT molecular complexity index is 877. The van der Waals surface area contributed by atoms with E-state index in [4.69, 9.17) is 0 Å². The zero-order valence-electron chi connectivity index (χ0n) is 15.4. The fraction of sp³-hybridized carbons (Fsp3) is 0. The molecular formula is C24H22N4. The summed E-state index contributed by atoms with van der Waals surface area (Å²) < 4.78 is 0. The minimum atomic E-state index is 0.988. The van der Waals surface area contributed by atoms with Gasteiger partial charge in [0.25, 0.3) is 0 Å². The Hall–Kier alpha value is -3.92. The van der Waals surface area contributed by atoms with Crippen LogP contribution in [-0.2, 0) is 0 Å². The van der Waals surface area contributed by atoms with Crippen molar-refractivity contribution < 1.29 is 0 Å². The van der Waals surface area contributed by atoms with Gasteiger partial charge in [0.2, 0.25) is 0 Å². The first-order valence-electron chi connectivity index (χ1n) is 9.24. The fourth-order valence-corrected chi connectivity index (χ4v) is 2.87. The third-order valence-electron chi connectivity index (χ3n) is 4.22. The topological polar surface area (TPSA) is 30.5 Å². The van der Waals surface area contributed by atoms with Gasteiger partial charge >= 0.3 is 0 Å². The molecule has 4 nitrogen and oxygen atoms in total. The van der Waals surface area contributed by atoms with Crippen LogP contribution in [0.5, 0.6) is 0 Å². The summed E-state index contributed by atoms with van der Waals surface area (Å²) >= 11 is 0. The second kappa shape index (κ2) is 8.64. The van der Waals surface area contributed by atoms with Crippen molar-refractivity contribution in [3.63, 3.8) is 0 Å². The molecule has 0 aliphatic carbocycles. The maximum atomic E-state index is 3.51. The molecule has 0 aromatic heterocycles. The van der Waals surface area contributed by atoms with E-state index in [9.17, 15) is 0 Å². The van der Waals surface area contributed by atoms with Crippen molar-refractivity contribution in [3.05, 3.63) is 121 Å². The standard InChI is InChI=1S/C24H22N4/c1-5-13-21(14-6-1)25-27(23-17-9-3-10-18-23)28(24-19-11-4-12-20-24)26-22-15-7-2-8-16-22/h1-20,25-26H. The molecule has 0 amide bonds. The minimum absolute atomic E-state index is 0.988. The summed E-state index contributed by atoms with van der Waals surface area (Å²) in [5.74, 6) is 0. The Morgan fingerprint density at radius 3 is 0.964 bits per heavy atom. The number of nitrogens with zero attached hydrogens (tertiary/aromatic N) is 2. The van der Waals surface area contributed by atoms with Gasteiger partial charge in [0.15, 0.2) is 0 Å². The number of rotatable bonds is 7. The van der Waals surface area contributed by atoms with Gasteiger partial charge in [-0.25, -0.2) is 0 Å². The van der Waals surface area contributed by atoms with Crippen molar-refractivity contribution in [2.75, 3.05) is 21.1 Å². The summed E-state index contributed by atoms with van der Waals surface area (Å²) in [5.41, 5.74) is 11.0. The largest absolute Gasteiger partial charge is 0.278 e. The quantitative estimate of drug-likeness (QED) is 0.395. The molecule has 0 radical (unpaired) electrons. The third-order valence-corrected chi connectivity index (χ3v) is 4.22. The Kier molecular flexibility index (Phi) is 5.40. The summed E-state index contributed by atoms with van der Waals surface area (Å²) in [6, 6.07) is 40.7. The van der Waals surface area contributed by atoms with Crippen molar-refractivity contribution in [2.45, 2.75) is 0 Å². The van der Waals surface area contributed by atoms with Crippen LogP contribution in [0.15, 0.2) is 121 Å². The van der Waals surface area contributed by atoms with Gasteiger partial charge in [0, 0.05) is 0 Å².